The zero-order valence-electron chi connectivity index (χ0n) is 8.20. The first-order valence-corrected chi connectivity index (χ1v) is 4.90. The molecule has 0 aliphatic rings. The van der Waals surface area contributed by atoms with Crippen LogP contribution in [0.25, 0.3) is 0 Å². The van der Waals surface area contributed by atoms with Gasteiger partial charge >= 0.3 is 0 Å². The van der Waals surface area contributed by atoms with Gasteiger partial charge in [-0.25, -0.2) is 0 Å². The smallest absolute Gasteiger partial charge is 0.0841 e. The second-order valence-electron chi connectivity index (χ2n) is 3.11. The summed E-state index contributed by atoms with van der Waals surface area (Å²) in [6, 6.07) is 10.2. The van der Waals surface area contributed by atoms with Crippen molar-refractivity contribution in [3.8, 4) is 0 Å². The minimum atomic E-state index is 0.699. The van der Waals surface area contributed by atoms with Crippen LogP contribution in [0.1, 0.15) is 31.7 Å². The molecule has 1 rings (SSSR count). The molecular weight excluding hydrogens is 160 g/mol. The lowest BCUT2D eigenvalue weighted by molar-refractivity contribution is 0.177. The van der Waals surface area contributed by atoms with Crippen molar-refractivity contribution in [1.82, 2.24) is 0 Å². The molecule has 0 saturated heterocycles. The van der Waals surface area contributed by atoms with Crippen molar-refractivity contribution in [2.75, 3.05) is 0 Å². The van der Waals surface area contributed by atoms with Gasteiger partial charge in [0.25, 0.3) is 0 Å². The van der Waals surface area contributed by atoms with Gasteiger partial charge in [-0.05, 0) is 12.0 Å². The van der Waals surface area contributed by atoms with E-state index >= 15 is 0 Å². The highest BCUT2D eigenvalue weighted by Gasteiger charge is 1.91. The highest BCUT2D eigenvalue weighted by molar-refractivity contribution is 5.13. The van der Waals surface area contributed by atoms with Gasteiger partial charge in [0.2, 0.25) is 0 Å². The molecule has 71 valence electrons. The minimum absolute atomic E-state index is 0.699. The third-order valence-corrected chi connectivity index (χ3v) is 1.89. The molecular formula is C12H17O. The van der Waals surface area contributed by atoms with Crippen molar-refractivity contribution in [3.63, 3.8) is 0 Å². The second-order valence-corrected chi connectivity index (χ2v) is 3.11. The van der Waals surface area contributed by atoms with Crippen LogP contribution in [0.2, 0.25) is 0 Å². The average Bonchev–Trinajstić information content (AvgIpc) is 2.19. The number of benzene rings is 1. The molecule has 0 atom stereocenters. The average molecular weight is 177 g/mol. The standard InChI is InChI=1S/C12H17O/c1-2-3-7-10-13-11-12-8-5-4-6-9-12/h4-6,8-10H,2-3,7,11H2,1H3. The number of hydrogen-bond acceptors (Lipinski definition) is 1. The molecule has 0 aliphatic carbocycles. The van der Waals surface area contributed by atoms with E-state index in [9.17, 15) is 0 Å². The van der Waals surface area contributed by atoms with Gasteiger partial charge in [-0.15, -0.1) is 0 Å². The summed E-state index contributed by atoms with van der Waals surface area (Å²) in [5.41, 5.74) is 1.23. The second kappa shape index (κ2) is 6.67. The fraction of sp³-hybridized carbons (Fsp3) is 0.417. The molecule has 0 spiro atoms. The fourth-order valence-corrected chi connectivity index (χ4v) is 1.10. The summed E-state index contributed by atoms with van der Waals surface area (Å²) in [7, 11) is 0. The fourth-order valence-electron chi connectivity index (χ4n) is 1.10. The summed E-state index contributed by atoms with van der Waals surface area (Å²) in [4.78, 5) is 0. The third kappa shape index (κ3) is 4.69. The normalized spacial score (nSPS) is 10.2. The van der Waals surface area contributed by atoms with Gasteiger partial charge < -0.3 is 4.74 Å². The lowest BCUT2D eigenvalue weighted by Crippen LogP contribution is -1.89. The molecule has 0 aromatic heterocycles. The molecule has 13 heavy (non-hydrogen) atoms. The van der Waals surface area contributed by atoms with Crippen molar-refractivity contribution in [3.05, 3.63) is 42.5 Å². The first-order valence-electron chi connectivity index (χ1n) is 4.90. The lowest BCUT2D eigenvalue weighted by atomic mass is 10.2. The number of unbranched alkanes of at least 4 members (excludes halogenated alkanes) is 2. The summed E-state index contributed by atoms with van der Waals surface area (Å²) in [5, 5.41) is 0. The molecule has 1 aromatic rings. The predicted octanol–water partition coefficient (Wildman–Crippen LogP) is 3.56. The monoisotopic (exact) mass is 177 g/mol. The molecule has 0 aliphatic heterocycles. The first kappa shape index (κ1) is 10.3. The molecule has 0 saturated carbocycles. The summed E-state index contributed by atoms with van der Waals surface area (Å²) < 4.78 is 5.40. The zero-order valence-corrected chi connectivity index (χ0v) is 8.20. The van der Waals surface area contributed by atoms with Gasteiger partial charge in [0.05, 0.1) is 13.2 Å². The van der Waals surface area contributed by atoms with Crippen molar-refractivity contribution in [2.24, 2.45) is 0 Å². The van der Waals surface area contributed by atoms with E-state index in [4.69, 9.17) is 4.74 Å². The highest BCUT2D eigenvalue weighted by Crippen LogP contribution is 2.04. The number of ether oxygens (including phenoxy) is 1. The van der Waals surface area contributed by atoms with Crippen LogP contribution < -0.4 is 0 Å². The van der Waals surface area contributed by atoms with Crippen LogP contribution in [0.3, 0.4) is 0 Å². The Morgan fingerprint density at radius 1 is 1.23 bits per heavy atom. The van der Waals surface area contributed by atoms with Gasteiger partial charge in [0.1, 0.15) is 0 Å². The Morgan fingerprint density at radius 3 is 2.69 bits per heavy atom. The molecule has 0 bridgehead atoms. The highest BCUT2D eigenvalue weighted by atomic mass is 16.5. The topological polar surface area (TPSA) is 9.23 Å². The molecule has 1 radical (unpaired) electrons. The van der Waals surface area contributed by atoms with Gasteiger partial charge in [-0.3, -0.25) is 0 Å². The van der Waals surface area contributed by atoms with E-state index in [2.05, 4.69) is 19.1 Å². The maximum absolute atomic E-state index is 5.40. The van der Waals surface area contributed by atoms with Gasteiger partial charge in [-0.1, -0.05) is 50.1 Å². The maximum Gasteiger partial charge on any atom is 0.0841 e. The quantitative estimate of drug-likeness (QED) is 0.604. The van der Waals surface area contributed by atoms with E-state index in [0.717, 1.165) is 6.42 Å². The molecule has 1 nitrogen and oxygen atoms in total. The van der Waals surface area contributed by atoms with E-state index in [1.807, 2.05) is 24.8 Å². The zero-order chi connectivity index (χ0) is 9.36. The first-order chi connectivity index (χ1) is 6.43. The summed E-state index contributed by atoms with van der Waals surface area (Å²) >= 11 is 0. The molecule has 0 unspecified atom stereocenters. The van der Waals surface area contributed by atoms with Crippen molar-refractivity contribution >= 4 is 0 Å². The minimum Gasteiger partial charge on any atom is -0.371 e. The summed E-state index contributed by atoms with van der Waals surface area (Å²) in [5.74, 6) is 0. The van der Waals surface area contributed by atoms with Crippen molar-refractivity contribution < 1.29 is 4.74 Å². The van der Waals surface area contributed by atoms with Gasteiger partial charge in [0.15, 0.2) is 0 Å². The van der Waals surface area contributed by atoms with Gasteiger partial charge in [0, 0.05) is 0 Å². The molecule has 0 fully saturated rings. The Bertz CT molecular complexity index is 206. The Balaban J connectivity index is 2.07. The van der Waals surface area contributed by atoms with E-state index in [1.54, 1.807) is 0 Å². The largest absolute Gasteiger partial charge is 0.371 e. The van der Waals surface area contributed by atoms with Crippen LogP contribution in [-0.2, 0) is 11.3 Å². The van der Waals surface area contributed by atoms with Crippen LogP contribution in [-0.4, -0.2) is 0 Å². The molecule has 0 amide bonds. The Hall–Kier alpha value is -0.820. The Morgan fingerprint density at radius 2 is 2.00 bits per heavy atom. The number of hydrogen-bond donors (Lipinski definition) is 0. The van der Waals surface area contributed by atoms with Crippen molar-refractivity contribution in [2.45, 2.75) is 32.8 Å². The van der Waals surface area contributed by atoms with Crippen LogP contribution >= 0.6 is 0 Å². The predicted molar refractivity (Wildman–Crippen MR) is 55.1 cm³/mol. The Kier molecular flexibility index (Phi) is 5.27. The van der Waals surface area contributed by atoms with E-state index in [0.29, 0.717) is 6.61 Å². The van der Waals surface area contributed by atoms with E-state index in [-0.39, 0.29) is 0 Å². The van der Waals surface area contributed by atoms with E-state index < -0.39 is 0 Å². The third-order valence-electron chi connectivity index (χ3n) is 1.89. The molecule has 1 aromatic carbocycles. The summed E-state index contributed by atoms with van der Waals surface area (Å²) in [6.45, 7) is 4.80. The summed E-state index contributed by atoms with van der Waals surface area (Å²) in [6.07, 6.45) is 3.50. The molecule has 1 heteroatoms. The van der Waals surface area contributed by atoms with Gasteiger partial charge in [-0.2, -0.15) is 0 Å². The van der Waals surface area contributed by atoms with Crippen molar-refractivity contribution in [1.29, 1.82) is 0 Å². The SMILES string of the molecule is CCCC[CH]OCc1ccccc1. The lowest BCUT2D eigenvalue weighted by Gasteiger charge is -2.02. The molecule has 0 N–H and O–H groups in total. The van der Waals surface area contributed by atoms with Crippen LogP contribution in [0.5, 0.6) is 0 Å². The van der Waals surface area contributed by atoms with Crippen LogP contribution in [0, 0.1) is 6.61 Å². The van der Waals surface area contributed by atoms with Crippen LogP contribution in [0.4, 0.5) is 0 Å². The number of rotatable bonds is 6. The van der Waals surface area contributed by atoms with Crippen LogP contribution in [0.15, 0.2) is 30.3 Å². The maximum atomic E-state index is 5.40. The molecule has 0 heterocycles. The van der Waals surface area contributed by atoms with E-state index in [1.165, 1.54) is 18.4 Å². The Labute approximate surface area is 80.7 Å².